The molecule has 0 bridgehead atoms. The summed E-state index contributed by atoms with van der Waals surface area (Å²) in [5.74, 6) is 0.854. The van der Waals surface area contributed by atoms with Crippen LogP contribution in [0.4, 0.5) is 5.69 Å². The number of hydrogen-bond acceptors (Lipinski definition) is 5. The van der Waals surface area contributed by atoms with Gasteiger partial charge in [0.2, 0.25) is 0 Å². The van der Waals surface area contributed by atoms with Crippen molar-refractivity contribution in [2.75, 3.05) is 4.90 Å². The number of anilines is 1. The van der Waals surface area contributed by atoms with Crippen LogP contribution in [0.25, 0.3) is 22.0 Å². The fourth-order valence-corrected chi connectivity index (χ4v) is 4.71. The van der Waals surface area contributed by atoms with Crippen molar-refractivity contribution in [3.05, 3.63) is 144 Å². The number of hydrogen-bond donors (Lipinski definition) is 0. The van der Waals surface area contributed by atoms with Gasteiger partial charge in [-0.15, -0.1) is 10.2 Å². The lowest BCUT2D eigenvalue weighted by atomic mass is 10.1. The van der Waals surface area contributed by atoms with Crippen molar-refractivity contribution in [3.8, 4) is 17.2 Å². The van der Waals surface area contributed by atoms with Crippen LogP contribution in [0, 0.1) is 11.3 Å². The van der Waals surface area contributed by atoms with E-state index in [0.29, 0.717) is 25.2 Å². The Labute approximate surface area is 227 Å². The van der Waals surface area contributed by atoms with Crippen LogP contribution in [0.2, 0.25) is 0 Å². The minimum absolute atomic E-state index is 0.565. The van der Waals surface area contributed by atoms with Gasteiger partial charge in [0.1, 0.15) is 6.33 Å². The van der Waals surface area contributed by atoms with Crippen molar-refractivity contribution < 1.29 is 0 Å². The van der Waals surface area contributed by atoms with E-state index in [9.17, 15) is 0 Å². The first kappa shape index (κ1) is 24.1. The molecule has 0 aliphatic heterocycles. The number of nitriles is 1. The second kappa shape index (κ2) is 11.0. The highest BCUT2D eigenvalue weighted by Crippen LogP contribution is 2.26. The number of benzene rings is 4. The molecule has 2 heterocycles. The second-order valence-electron chi connectivity index (χ2n) is 9.45. The molecule has 0 aliphatic carbocycles. The standard InChI is InChI=1S/C33H26N6/c34-20-25-10-12-26(13-11-25)21-39-24-35-37-33(39)23-38(22-30-17-14-29-8-4-5-9-32(29)36-30)31-18-15-28(16-19-31)27-6-2-1-3-7-27/h1-19,24H,21-23H2. The fourth-order valence-electron chi connectivity index (χ4n) is 4.71. The van der Waals surface area contributed by atoms with Gasteiger partial charge in [0, 0.05) is 11.1 Å². The number of aromatic nitrogens is 4. The van der Waals surface area contributed by atoms with Crippen LogP contribution in [-0.2, 0) is 19.6 Å². The van der Waals surface area contributed by atoms with Gasteiger partial charge in [0.05, 0.1) is 42.5 Å². The van der Waals surface area contributed by atoms with Gasteiger partial charge >= 0.3 is 0 Å². The summed E-state index contributed by atoms with van der Waals surface area (Å²) in [6, 6.07) is 41.2. The van der Waals surface area contributed by atoms with Crippen molar-refractivity contribution in [2.45, 2.75) is 19.6 Å². The monoisotopic (exact) mass is 506 g/mol. The van der Waals surface area contributed by atoms with Gasteiger partial charge in [-0.05, 0) is 53.1 Å². The minimum atomic E-state index is 0.565. The van der Waals surface area contributed by atoms with Crippen molar-refractivity contribution in [3.63, 3.8) is 0 Å². The van der Waals surface area contributed by atoms with E-state index < -0.39 is 0 Å². The molecule has 6 rings (SSSR count). The molecule has 0 fully saturated rings. The lowest BCUT2D eigenvalue weighted by Crippen LogP contribution is -2.25. The molecule has 0 radical (unpaired) electrons. The maximum atomic E-state index is 9.11. The van der Waals surface area contributed by atoms with Crippen LogP contribution in [0.5, 0.6) is 0 Å². The summed E-state index contributed by atoms with van der Waals surface area (Å²) in [6.45, 7) is 1.82. The SMILES string of the molecule is N#Cc1ccc(Cn2cnnc2CN(Cc2ccc3ccccc3n2)c2ccc(-c3ccccc3)cc2)cc1. The molecule has 39 heavy (non-hydrogen) atoms. The molecule has 0 N–H and O–H groups in total. The number of para-hydroxylation sites is 1. The van der Waals surface area contributed by atoms with Crippen molar-refractivity contribution in [1.82, 2.24) is 19.7 Å². The molecule has 0 atom stereocenters. The lowest BCUT2D eigenvalue weighted by Gasteiger charge is -2.25. The minimum Gasteiger partial charge on any atom is -0.358 e. The predicted molar refractivity (Wildman–Crippen MR) is 154 cm³/mol. The molecule has 0 saturated heterocycles. The summed E-state index contributed by atoms with van der Waals surface area (Å²) >= 11 is 0. The van der Waals surface area contributed by atoms with E-state index in [1.165, 1.54) is 11.1 Å². The normalized spacial score (nSPS) is 10.8. The van der Waals surface area contributed by atoms with Crippen molar-refractivity contribution in [2.24, 2.45) is 0 Å². The Morgan fingerprint density at radius 3 is 2.26 bits per heavy atom. The fraction of sp³-hybridized carbons (Fsp3) is 0.0909. The van der Waals surface area contributed by atoms with Gasteiger partial charge in [-0.3, -0.25) is 4.98 Å². The summed E-state index contributed by atoms with van der Waals surface area (Å²) in [5, 5.41) is 18.9. The Morgan fingerprint density at radius 2 is 1.46 bits per heavy atom. The molecule has 2 aromatic heterocycles. The second-order valence-corrected chi connectivity index (χ2v) is 9.45. The average molecular weight is 507 g/mol. The molecule has 188 valence electrons. The van der Waals surface area contributed by atoms with E-state index in [-0.39, 0.29) is 0 Å². The Balaban J connectivity index is 1.30. The molecule has 6 nitrogen and oxygen atoms in total. The number of nitrogens with zero attached hydrogens (tertiary/aromatic N) is 6. The number of pyridine rings is 1. The third-order valence-electron chi connectivity index (χ3n) is 6.81. The Bertz CT molecular complexity index is 1730. The lowest BCUT2D eigenvalue weighted by molar-refractivity contribution is 0.676. The van der Waals surface area contributed by atoms with E-state index >= 15 is 0 Å². The van der Waals surface area contributed by atoms with E-state index in [4.69, 9.17) is 10.2 Å². The zero-order chi connectivity index (χ0) is 26.4. The summed E-state index contributed by atoms with van der Waals surface area (Å²) in [4.78, 5) is 7.21. The van der Waals surface area contributed by atoms with E-state index in [0.717, 1.165) is 33.7 Å². The van der Waals surface area contributed by atoms with Crippen LogP contribution in [0.1, 0.15) is 22.6 Å². The van der Waals surface area contributed by atoms with Gasteiger partial charge in [0.15, 0.2) is 5.82 Å². The summed E-state index contributed by atoms with van der Waals surface area (Å²) in [7, 11) is 0. The smallest absolute Gasteiger partial charge is 0.152 e. The summed E-state index contributed by atoms with van der Waals surface area (Å²) < 4.78 is 2.06. The highest BCUT2D eigenvalue weighted by molar-refractivity contribution is 5.78. The molecule has 0 aliphatic rings. The van der Waals surface area contributed by atoms with Gasteiger partial charge < -0.3 is 9.47 Å². The molecule has 0 amide bonds. The third-order valence-corrected chi connectivity index (χ3v) is 6.81. The maximum Gasteiger partial charge on any atom is 0.152 e. The molecule has 6 aromatic rings. The van der Waals surface area contributed by atoms with Gasteiger partial charge in [-0.25, -0.2) is 0 Å². The van der Waals surface area contributed by atoms with Crippen LogP contribution in [0.15, 0.2) is 122 Å². The molecule has 4 aromatic carbocycles. The van der Waals surface area contributed by atoms with Crippen molar-refractivity contribution in [1.29, 1.82) is 5.26 Å². The van der Waals surface area contributed by atoms with Crippen molar-refractivity contribution >= 4 is 16.6 Å². The molecular formula is C33H26N6. The predicted octanol–water partition coefficient (Wildman–Crippen LogP) is 6.62. The van der Waals surface area contributed by atoms with Crippen LogP contribution >= 0.6 is 0 Å². The van der Waals surface area contributed by atoms with Crippen LogP contribution in [-0.4, -0.2) is 19.7 Å². The first-order chi connectivity index (χ1) is 19.2. The maximum absolute atomic E-state index is 9.11. The Kier molecular flexibility index (Phi) is 6.79. The van der Waals surface area contributed by atoms with Crippen LogP contribution in [0.3, 0.4) is 0 Å². The van der Waals surface area contributed by atoms with Crippen LogP contribution < -0.4 is 4.90 Å². The number of fused-ring (bicyclic) bond motifs is 1. The van der Waals surface area contributed by atoms with E-state index in [2.05, 4.69) is 92.5 Å². The van der Waals surface area contributed by atoms with E-state index in [1.807, 2.05) is 48.5 Å². The summed E-state index contributed by atoms with van der Waals surface area (Å²) in [6.07, 6.45) is 1.76. The van der Waals surface area contributed by atoms with Gasteiger partial charge in [-0.1, -0.05) is 78.9 Å². The molecule has 6 heteroatoms. The topological polar surface area (TPSA) is 70.6 Å². The zero-order valence-electron chi connectivity index (χ0n) is 21.4. The zero-order valence-corrected chi connectivity index (χ0v) is 21.4. The van der Waals surface area contributed by atoms with Gasteiger partial charge in [-0.2, -0.15) is 5.26 Å². The number of rotatable bonds is 8. The largest absolute Gasteiger partial charge is 0.358 e. The van der Waals surface area contributed by atoms with E-state index in [1.54, 1.807) is 6.33 Å². The molecular weight excluding hydrogens is 480 g/mol. The third kappa shape index (κ3) is 5.53. The Morgan fingerprint density at radius 1 is 0.718 bits per heavy atom. The molecule has 0 saturated carbocycles. The average Bonchev–Trinajstić information content (AvgIpc) is 3.44. The Hall–Kier alpha value is -5.28. The van der Waals surface area contributed by atoms with Gasteiger partial charge in [0.25, 0.3) is 0 Å². The highest BCUT2D eigenvalue weighted by Gasteiger charge is 2.15. The first-order valence-corrected chi connectivity index (χ1v) is 12.9. The highest BCUT2D eigenvalue weighted by atomic mass is 15.3. The molecule has 0 unspecified atom stereocenters. The summed E-state index contributed by atoms with van der Waals surface area (Å²) in [5.41, 5.74) is 7.15. The molecule has 0 spiro atoms. The quantitative estimate of drug-likeness (QED) is 0.232. The first-order valence-electron chi connectivity index (χ1n) is 12.9.